The normalized spacial score (nSPS) is 10.8. The quantitative estimate of drug-likeness (QED) is 0.653. The number of nitrogens with zero attached hydrogens (tertiary/aromatic N) is 2. The number of aryl methyl sites for hydroxylation is 2. The molecular formula is C16H14N2O. The van der Waals surface area contributed by atoms with Crippen LogP contribution in [0, 0.1) is 13.8 Å². The van der Waals surface area contributed by atoms with Crippen LogP contribution >= 0.6 is 0 Å². The summed E-state index contributed by atoms with van der Waals surface area (Å²) in [5.41, 5.74) is 5.73. The van der Waals surface area contributed by atoms with Crippen molar-refractivity contribution >= 4 is 11.9 Å². The average molecular weight is 250 g/mol. The molecule has 0 saturated heterocycles. The summed E-state index contributed by atoms with van der Waals surface area (Å²) in [4.78, 5) is 15.5. The maximum atomic E-state index is 11.0. The molecule has 3 nitrogen and oxygen atoms in total. The summed E-state index contributed by atoms with van der Waals surface area (Å²) in [5, 5.41) is 0. The standard InChI is InChI=1S/C16H14N2O/c1-11-3-5-13(6-4-11)15-9-18-8-14(10-19)12(2)7-16(18)17-15/h3-10H,1-2H3. The van der Waals surface area contributed by atoms with Crippen molar-refractivity contribution in [3.05, 3.63) is 59.4 Å². The van der Waals surface area contributed by atoms with Gasteiger partial charge in [-0.1, -0.05) is 29.8 Å². The Hall–Kier alpha value is -2.42. The number of pyridine rings is 1. The van der Waals surface area contributed by atoms with Gasteiger partial charge in [-0.3, -0.25) is 4.79 Å². The number of benzene rings is 1. The average Bonchev–Trinajstić information content (AvgIpc) is 2.81. The highest BCUT2D eigenvalue weighted by molar-refractivity contribution is 5.78. The molecule has 2 aromatic heterocycles. The van der Waals surface area contributed by atoms with Crippen LogP contribution in [0.4, 0.5) is 0 Å². The molecule has 3 rings (SSSR count). The van der Waals surface area contributed by atoms with Gasteiger partial charge in [0.2, 0.25) is 0 Å². The van der Waals surface area contributed by atoms with Crippen molar-refractivity contribution in [2.45, 2.75) is 13.8 Å². The van der Waals surface area contributed by atoms with Crippen molar-refractivity contribution in [2.24, 2.45) is 0 Å². The van der Waals surface area contributed by atoms with Gasteiger partial charge < -0.3 is 4.40 Å². The Bertz CT molecular complexity index is 754. The van der Waals surface area contributed by atoms with E-state index in [0.717, 1.165) is 28.8 Å². The molecule has 0 unspecified atom stereocenters. The Morgan fingerprint density at radius 1 is 1.11 bits per heavy atom. The predicted molar refractivity (Wildman–Crippen MR) is 75.5 cm³/mol. The highest BCUT2D eigenvalue weighted by atomic mass is 16.1. The van der Waals surface area contributed by atoms with Gasteiger partial charge in [0, 0.05) is 23.5 Å². The molecular weight excluding hydrogens is 236 g/mol. The molecule has 0 saturated carbocycles. The minimum Gasteiger partial charge on any atom is -0.306 e. The lowest BCUT2D eigenvalue weighted by molar-refractivity contribution is 0.112. The number of carbonyl (C=O) groups is 1. The van der Waals surface area contributed by atoms with Gasteiger partial charge >= 0.3 is 0 Å². The van der Waals surface area contributed by atoms with Crippen LogP contribution in [0.2, 0.25) is 0 Å². The van der Waals surface area contributed by atoms with Crippen molar-refractivity contribution in [2.75, 3.05) is 0 Å². The van der Waals surface area contributed by atoms with Gasteiger partial charge in [0.15, 0.2) is 6.29 Å². The molecule has 0 aliphatic carbocycles. The molecule has 0 aliphatic rings. The number of hydrogen-bond donors (Lipinski definition) is 0. The smallest absolute Gasteiger partial charge is 0.151 e. The largest absolute Gasteiger partial charge is 0.306 e. The van der Waals surface area contributed by atoms with E-state index in [2.05, 4.69) is 36.2 Å². The second-order valence-corrected chi connectivity index (χ2v) is 4.79. The summed E-state index contributed by atoms with van der Waals surface area (Å²) in [6, 6.07) is 10.2. The lowest BCUT2D eigenvalue weighted by Gasteiger charge is -1.98. The topological polar surface area (TPSA) is 34.4 Å². The van der Waals surface area contributed by atoms with Crippen LogP contribution in [0.1, 0.15) is 21.5 Å². The SMILES string of the molecule is Cc1ccc(-c2cn3cc(C=O)c(C)cc3n2)cc1. The highest BCUT2D eigenvalue weighted by Gasteiger charge is 2.06. The Morgan fingerprint density at radius 3 is 2.53 bits per heavy atom. The van der Waals surface area contributed by atoms with E-state index in [1.165, 1.54) is 5.56 Å². The monoisotopic (exact) mass is 250 g/mol. The van der Waals surface area contributed by atoms with Crippen LogP contribution in [0.3, 0.4) is 0 Å². The first-order valence-electron chi connectivity index (χ1n) is 6.19. The van der Waals surface area contributed by atoms with E-state index in [1.807, 2.05) is 29.8 Å². The van der Waals surface area contributed by atoms with E-state index in [4.69, 9.17) is 0 Å². The molecule has 0 N–H and O–H groups in total. The van der Waals surface area contributed by atoms with Crippen LogP contribution in [0.5, 0.6) is 0 Å². The number of fused-ring (bicyclic) bond motifs is 1. The molecule has 0 fully saturated rings. The van der Waals surface area contributed by atoms with Crippen molar-refractivity contribution in [3.8, 4) is 11.3 Å². The summed E-state index contributed by atoms with van der Waals surface area (Å²) in [6.45, 7) is 3.98. The fourth-order valence-electron chi connectivity index (χ4n) is 2.13. The summed E-state index contributed by atoms with van der Waals surface area (Å²) >= 11 is 0. The van der Waals surface area contributed by atoms with Gasteiger partial charge in [-0.05, 0) is 25.5 Å². The van der Waals surface area contributed by atoms with Gasteiger partial charge in [-0.15, -0.1) is 0 Å². The van der Waals surface area contributed by atoms with Gasteiger partial charge in [0.1, 0.15) is 5.65 Å². The molecule has 3 heteroatoms. The number of aromatic nitrogens is 2. The minimum absolute atomic E-state index is 0.695. The second kappa shape index (κ2) is 4.35. The third-order valence-corrected chi connectivity index (χ3v) is 3.31. The molecule has 0 atom stereocenters. The van der Waals surface area contributed by atoms with Crippen molar-refractivity contribution < 1.29 is 4.79 Å². The molecule has 19 heavy (non-hydrogen) atoms. The van der Waals surface area contributed by atoms with Gasteiger partial charge in [-0.25, -0.2) is 4.98 Å². The van der Waals surface area contributed by atoms with Gasteiger partial charge in [-0.2, -0.15) is 0 Å². The van der Waals surface area contributed by atoms with E-state index < -0.39 is 0 Å². The molecule has 0 aliphatic heterocycles. The third-order valence-electron chi connectivity index (χ3n) is 3.31. The van der Waals surface area contributed by atoms with Crippen LogP contribution in [0.25, 0.3) is 16.9 Å². The molecule has 0 amide bonds. The van der Waals surface area contributed by atoms with E-state index in [1.54, 1.807) is 0 Å². The zero-order chi connectivity index (χ0) is 13.4. The van der Waals surface area contributed by atoms with Crippen molar-refractivity contribution in [3.63, 3.8) is 0 Å². The van der Waals surface area contributed by atoms with Crippen LogP contribution in [-0.2, 0) is 0 Å². The van der Waals surface area contributed by atoms with E-state index in [-0.39, 0.29) is 0 Å². The molecule has 0 bridgehead atoms. The number of imidazole rings is 1. The predicted octanol–water partition coefficient (Wildman–Crippen LogP) is 3.43. The number of carbonyl (C=O) groups excluding carboxylic acids is 1. The molecule has 3 aromatic rings. The lowest BCUT2D eigenvalue weighted by Crippen LogP contribution is -1.91. The highest BCUT2D eigenvalue weighted by Crippen LogP contribution is 2.20. The Kier molecular flexibility index (Phi) is 2.67. The van der Waals surface area contributed by atoms with Crippen LogP contribution in [0.15, 0.2) is 42.7 Å². The molecule has 0 spiro atoms. The first kappa shape index (κ1) is 11.7. The second-order valence-electron chi connectivity index (χ2n) is 4.79. The van der Waals surface area contributed by atoms with Gasteiger partial charge in [0.25, 0.3) is 0 Å². The molecule has 0 radical (unpaired) electrons. The van der Waals surface area contributed by atoms with Gasteiger partial charge in [0.05, 0.1) is 5.69 Å². The van der Waals surface area contributed by atoms with E-state index in [0.29, 0.717) is 5.56 Å². The molecule has 2 heterocycles. The number of aldehydes is 1. The summed E-state index contributed by atoms with van der Waals surface area (Å²) in [6.07, 6.45) is 4.65. The fourth-order valence-corrected chi connectivity index (χ4v) is 2.13. The minimum atomic E-state index is 0.695. The summed E-state index contributed by atoms with van der Waals surface area (Å²) < 4.78 is 1.89. The Labute approximate surface area is 111 Å². The van der Waals surface area contributed by atoms with Crippen molar-refractivity contribution in [1.82, 2.24) is 9.38 Å². The third kappa shape index (κ3) is 2.03. The fraction of sp³-hybridized carbons (Fsp3) is 0.125. The van der Waals surface area contributed by atoms with Crippen LogP contribution in [-0.4, -0.2) is 15.7 Å². The maximum Gasteiger partial charge on any atom is 0.151 e. The molecule has 1 aromatic carbocycles. The first-order valence-corrected chi connectivity index (χ1v) is 6.19. The maximum absolute atomic E-state index is 11.0. The number of hydrogen-bond acceptors (Lipinski definition) is 2. The van der Waals surface area contributed by atoms with Crippen molar-refractivity contribution in [1.29, 1.82) is 0 Å². The Balaban J connectivity index is 2.16. The zero-order valence-electron chi connectivity index (χ0n) is 10.9. The molecule has 94 valence electrons. The summed E-state index contributed by atoms with van der Waals surface area (Å²) in [7, 11) is 0. The number of rotatable bonds is 2. The van der Waals surface area contributed by atoms with E-state index >= 15 is 0 Å². The Morgan fingerprint density at radius 2 is 1.84 bits per heavy atom. The van der Waals surface area contributed by atoms with Crippen LogP contribution < -0.4 is 0 Å². The summed E-state index contributed by atoms with van der Waals surface area (Å²) in [5.74, 6) is 0. The van der Waals surface area contributed by atoms with E-state index in [9.17, 15) is 4.79 Å². The zero-order valence-corrected chi connectivity index (χ0v) is 10.9. The lowest BCUT2D eigenvalue weighted by atomic mass is 10.1. The first-order chi connectivity index (χ1) is 9.17.